The minimum Gasteiger partial charge on any atom is -0.494 e. The zero-order valence-electron chi connectivity index (χ0n) is 11.7. The van der Waals surface area contributed by atoms with Crippen molar-refractivity contribution in [3.63, 3.8) is 0 Å². The molecule has 0 fully saturated rings. The molecule has 0 aliphatic rings. The lowest BCUT2D eigenvalue weighted by atomic mass is 10.2. The Labute approximate surface area is 124 Å². The molecule has 21 heavy (non-hydrogen) atoms. The molecular formula is C17H17N3O. The summed E-state index contributed by atoms with van der Waals surface area (Å²) in [5, 5.41) is 8.34. The molecule has 0 amide bonds. The van der Waals surface area contributed by atoms with Crippen LogP contribution in [0.2, 0.25) is 0 Å². The molecule has 0 aliphatic carbocycles. The second-order valence-electron chi connectivity index (χ2n) is 4.76. The highest BCUT2D eigenvalue weighted by molar-refractivity contribution is 5.29. The highest BCUT2D eigenvalue weighted by Crippen LogP contribution is 2.10. The molecule has 106 valence electrons. The molecule has 1 aromatic heterocycles. The van der Waals surface area contributed by atoms with E-state index in [0.717, 1.165) is 30.0 Å². The van der Waals surface area contributed by atoms with Crippen molar-refractivity contribution in [3.05, 3.63) is 72.6 Å². The minimum atomic E-state index is 0.683. The van der Waals surface area contributed by atoms with Gasteiger partial charge in [0.05, 0.1) is 24.2 Å². The van der Waals surface area contributed by atoms with Crippen molar-refractivity contribution in [2.24, 2.45) is 0 Å². The van der Waals surface area contributed by atoms with E-state index in [0.29, 0.717) is 6.61 Å². The van der Waals surface area contributed by atoms with E-state index >= 15 is 0 Å². The second kappa shape index (κ2) is 6.70. The van der Waals surface area contributed by atoms with E-state index in [-0.39, 0.29) is 0 Å². The predicted molar refractivity (Wildman–Crippen MR) is 81.6 cm³/mol. The SMILES string of the molecule is c1ccc(OCCCc2cn(-c3ccccc3)nn2)cc1. The number of para-hydroxylation sites is 2. The van der Waals surface area contributed by atoms with E-state index in [4.69, 9.17) is 4.74 Å². The Balaban J connectivity index is 1.49. The highest BCUT2D eigenvalue weighted by atomic mass is 16.5. The van der Waals surface area contributed by atoms with Gasteiger partial charge in [0.15, 0.2) is 0 Å². The summed E-state index contributed by atoms with van der Waals surface area (Å²) in [7, 11) is 0. The zero-order valence-corrected chi connectivity index (χ0v) is 11.7. The molecule has 2 aromatic carbocycles. The van der Waals surface area contributed by atoms with Gasteiger partial charge in [0, 0.05) is 0 Å². The molecule has 0 atom stereocenters. The van der Waals surface area contributed by atoms with E-state index in [1.807, 2.05) is 66.9 Å². The maximum Gasteiger partial charge on any atom is 0.119 e. The predicted octanol–water partition coefficient (Wildman–Crippen LogP) is 3.28. The van der Waals surface area contributed by atoms with Gasteiger partial charge in [0.25, 0.3) is 0 Å². The Morgan fingerprint density at radius 1 is 0.905 bits per heavy atom. The number of benzene rings is 2. The standard InChI is InChI=1S/C17H17N3O/c1-3-9-16(10-4-1)20-14-15(18-19-20)8-7-13-21-17-11-5-2-6-12-17/h1-6,9-12,14H,7-8,13H2. The summed E-state index contributed by atoms with van der Waals surface area (Å²) < 4.78 is 7.46. The summed E-state index contributed by atoms with van der Waals surface area (Å²) >= 11 is 0. The quantitative estimate of drug-likeness (QED) is 0.650. The summed E-state index contributed by atoms with van der Waals surface area (Å²) in [6.07, 6.45) is 3.75. The highest BCUT2D eigenvalue weighted by Gasteiger charge is 2.02. The first-order chi connectivity index (χ1) is 10.4. The molecular weight excluding hydrogens is 262 g/mol. The lowest BCUT2D eigenvalue weighted by molar-refractivity contribution is 0.310. The number of nitrogens with zero attached hydrogens (tertiary/aromatic N) is 3. The van der Waals surface area contributed by atoms with Gasteiger partial charge < -0.3 is 4.74 Å². The average molecular weight is 279 g/mol. The number of hydrogen-bond donors (Lipinski definition) is 0. The van der Waals surface area contributed by atoms with Gasteiger partial charge in [-0.05, 0) is 37.1 Å². The summed E-state index contributed by atoms with van der Waals surface area (Å²) in [6.45, 7) is 0.683. The topological polar surface area (TPSA) is 39.9 Å². The smallest absolute Gasteiger partial charge is 0.119 e. The van der Waals surface area contributed by atoms with Crippen LogP contribution in [0.15, 0.2) is 66.9 Å². The maximum atomic E-state index is 5.66. The van der Waals surface area contributed by atoms with Crippen LogP contribution in [0.3, 0.4) is 0 Å². The van der Waals surface area contributed by atoms with E-state index < -0.39 is 0 Å². The molecule has 0 bridgehead atoms. The molecule has 0 radical (unpaired) electrons. The Bertz CT molecular complexity index is 665. The third-order valence-electron chi connectivity index (χ3n) is 3.15. The molecule has 0 saturated carbocycles. The fraction of sp³-hybridized carbons (Fsp3) is 0.176. The van der Waals surface area contributed by atoms with Gasteiger partial charge in [0.2, 0.25) is 0 Å². The van der Waals surface area contributed by atoms with Crippen LogP contribution in [0, 0.1) is 0 Å². The molecule has 4 heteroatoms. The zero-order chi connectivity index (χ0) is 14.3. The van der Waals surface area contributed by atoms with Crippen LogP contribution in [0.1, 0.15) is 12.1 Å². The van der Waals surface area contributed by atoms with Crippen LogP contribution in [0.4, 0.5) is 0 Å². The lowest BCUT2D eigenvalue weighted by Gasteiger charge is -2.04. The molecule has 0 aliphatic heterocycles. The van der Waals surface area contributed by atoms with E-state index in [2.05, 4.69) is 10.3 Å². The monoisotopic (exact) mass is 279 g/mol. The van der Waals surface area contributed by atoms with Gasteiger partial charge in [0.1, 0.15) is 5.75 Å². The molecule has 3 aromatic rings. The van der Waals surface area contributed by atoms with Crippen LogP contribution in [0.5, 0.6) is 5.75 Å². The van der Waals surface area contributed by atoms with E-state index in [9.17, 15) is 0 Å². The Morgan fingerprint density at radius 2 is 1.62 bits per heavy atom. The third kappa shape index (κ3) is 3.69. The van der Waals surface area contributed by atoms with Crippen LogP contribution in [0.25, 0.3) is 5.69 Å². The summed E-state index contributed by atoms with van der Waals surface area (Å²) in [6, 6.07) is 19.8. The van der Waals surface area contributed by atoms with Crippen LogP contribution in [-0.2, 0) is 6.42 Å². The van der Waals surface area contributed by atoms with Crippen molar-refractivity contribution >= 4 is 0 Å². The summed E-state index contributed by atoms with van der Waals surface area (Å²) in [5.74, 6) is 0.908. The molecule has 1 heterocycles. The number of aromatic nitrogens is 3. The van der Waals surface area contributed by atoms with Crippen molar-refractivity contribution in [1.29, 1.82) is 0 Å². The van der Waals surface area contributed by atoms with E-state index in [1.54, 1.807) is 4.68 Å². The second-order valence-corrected chi connectivity index (χ2v) is 4.76. The van der Waals surface area contributed by atoms with Crippen LogP contribution in [-0.4, -0.2) is 21.6 Å². The van der Waals surface area contributed by atoms with Crippen molar-refractivity contribution in [2.75, 3.05) is 6.61 Å². The Morgan fingerprint density at radius 3 is 2.38 bits per heavy atom. The first kappa shape index (κ1) is 13.4. The van der Waals surface area contributed by atoms with Gasteiger partial charge in [-0.25, -0.2) is 4.68 Å². The van der Waals surface area contributed by atoms with Crippen molar-refractivity contribution < 1.29 is 4.74 Å². The normalized spacial score (nSPS) is 10.5. The molecule has 0 spiro atoms. The fourth-order valence-corrected chi connectivity index (χ4v) is 2.08. The third-order valence-corrected chi connectivity index (χ3v) is 3.15. The van der Waals surface area contributed by atoms with Gasteiger partial charge in [-0.2, -0.15) is 0 Å². The number of hydrogen-bond acceptors (Lipinski definition) is 3. The largest absolute Gasteiger partial charge is 0.494 e. The fourth-order valence-electron chi connectivity index (χ4n) is 2.08. The first-order valence-corrected chi connectivity index (χ1v) is 7.06. The summed E-state index contributed by atoms with van der Waals surface area (Å²) in [4.78, 5) is 0. The van der Waals surface area contributed by atoms with Crippen LogP contribution < -0.4 is 4.74 Å². The molecule has 3 rings (SSSR count). The molecule has 4 nitrogen and oxygen atoms in total. The maximum absolute atomic E-state index is 5.66. The van der Waals surface area contributed by atoms with Crippen molar-refractivity contribution in [1.82, 2.24) is 15.0 Å². The van der Waals surface area contributed by atoms with Gasteiger partial charge in [-0.15, -0.1) is 5.10 Å². The number of aryl methyl sites for hydroxylation is 1. The number of ether oxygens (including phenoxy) is 1. The minimum absolute atomic E-state index is 0.683. The van der Waals surface area contributed by atoms with Crippen molar-refractivity contribution in [2.45, 2.75) is 12.8 Å². The van der Waals surface area contributed by atoms with Gasteiger partial charge in [-0.3, -0.25) is 0 Å². The van der Waals surface area contributed by atoms with Gasteiger partial charge >= 0.3 is 0 Å². The van der Waals surface area contributed by atoms with Gasteiger partial charge in [-0.1, -0.05) is 41.6 Å². The summed E-state index contributed by atoms with van der Waals surface area (Å²) in [5.41, 5.74) is 2.01. The Hall–Kier alpha value is -2.62. The van der Waals surface area contributed by atoms with Crippen LogP contribution >= 0.6 is 0 Å². The number of rotatable bonds is 6. The average Bonchev–Trinajstić information content (AvgIpc) is 3.02. The van der Waals surface area contributed by atoms with E-state index in [1.165, 1.54) is 0 Å². The lowest BCUT2D eigenvalue weighted by Crippen LogP contribution is -1.99. The Kier molecular flexibility index (Phi) is 4.27. The molecule has 0 unspecified atom stereocenters. The van der Waals surface area contributed by atoms with Crippen molar-refractivity contribution in [3.8, 4) is 11.4 Å². The first-order valence-electron chi connectivity index (χ1n) is 7.06. The molecule has 0 N–H and O–H groups in total. The molecule has 0 saturated heterocycles.